The number of rotatable bonds is 7. The number of nitrogens with zero attached hydrogens (tertiary/aromatic N) is 1. The number of primary amides is 1. The largest absolute Gasteiger partial charge is 0.369 e. The summed E-state index contributed by atoms with van der Waals surface area (Å²) >= 11 is 0. The van der Waals surface area contributed by atoms with Crippen molar-refractivity contribution < 1.29 is 14.4 Å². The third-order valence-corrected chi connectivity index (χ3v) is 8.48. The maximum Gasteiger partial charge on any atom is 0.243 e. The molecule has 6 rings (SSSR count). The number of hydrogen-bond donors (Lipinski definition) is 3. The highest BCUT2D eigenvalue weighted by Crippen LogP contribution is 2.60. The van der Waals surface area contributed by atoms with Gasteiger partial charge in [-0.3, -0.25) is 19.3 Å². The number of carbonyl (C=O) groups excluding carboxylic acids is 3. The van der Waals surface area contributed by atoms with Gasteiger partial charge in [-0.15, -0.1) is 0 Å². The third-order valence-electron chi connectivity index (χ3n) is 8.48. The van der Waals surface area contributed by atoms with Gasteiger partial charge >= 0.3 is 0 Å². The number of likely N-dealkylation sites (tertiary alicyclic amines) is 1. The fourth-order valence-corrected chi connectivity index (χ4v) is 7.33. The van der Waals surface area contributed by atoms with Crippen LogP contribution in [-0.4, -0.2) is 42.3 Å². The van der Waals surface area contributed by atoms with E-state index in [1.807, 2.05) is 24.3 Å². The molecule has 4 N–H and O–H groups in total. The first-order chi connectivity index (χ1) is 15.9. The van der Waals surface area contributed by atoms with E-state index in [2.05, 4.69) is 15.5 Å². The quantitative estimate of drug-likeness (QED) is 0.592. The highest BCUT2D eigenvalue weighted by atomic mass is 16.2. The van der Waals surface area contributed by atoms with Gasteiger partial charge in [-0.05, 0) is 93.4 Å². The topological polar surface area (TPSA) is 105 Å². The first-order valence-electron chi connectivity index (χ1n) is 12.6. The predicted octanol–water partition coefficient (Wildman–Crippen LogP) is 2.66. The molecule has 1 saturated heterocycles. The van der Waals surface area contributed by atoms with Crippen LogP contribution in [0.2, 0.25) is 0 Å². The van der Waals surface area contributed by atoms with Gasteiger partial charge in [0.05, 0.1) is 12.5 Å². The van der Waals surface area contributed by atoms with Crippen molar-refractivity contribution in [3.63, 3.8) is 0 Å². The van der Waals surface area contributed by atoms with Crippen LogP contribution in [0.4, 0.5) is 5.69 Å². The summed E-state index contributed by atoms with van der Waals surface area (Å²) in [7, 11) is 0. The average molecular weight is 453 g/mol. The van der Waals surface area contributed by atoms with Crippen molar-refractivity contribution in [2.75, 3.05) is 25.0 Å². The summed E-state index contributed by atoms with van der Waals surface area (Å²) in [4.78, 5) is 39.2. The maximum atomic E-state index is 13.0. The van der Waals surface area contributed by atoms with Crippen LogP contribution < -0.4 is 16.4 Å². The molecule has 4 saturated carbocycles. The number of piperidine rings is 1. The molecule has 7 heteroatoms. The standard InChI is InChI=1S/C26H36N4O3/c27-24(32)21-2-1-7-30(16-21)15-17-3-5-22(6-4-17)29-23(31)14-28-25(33)26-11-18-8-19(12-26)10-20(9-18)13-26/h3-6,18-21H,1-2,7-16H2,(H2,27,32)(H,28,33)(H,29,31). The van der Waals surface area contributed by atoms with Crippen LogP contribution in [0.1, 0.15) is 56.9 Å². The minimum atomic E-state index is -0.224. The van der Waals surface area contributed by atoms with Gasteiger partial charge in [0.25, 0.3) is 0 Å². The lowest BCUT2D eigenvalue weighted by Gasteiger charge is -2.55. The van der Waals surface area contributed by atoms with Crippen LogP contribution in [0.25, 0.3) is 0 Å². The molecule has 1 aromatic rings. The van der Waals surface area contributed by atoms with Gasteiger partial charge in [0.2, 0.25) is 17.7 Å². The Kier molecular flexibility index (Phi) is 6.16. The number of carbonyl (C=O) groups is 3. The van der Waals surface area contributed by atoms with E-state index in [1.165, 1.54) is 19.3 Å². The van der Waals surface area contributed by atoms with E-state index in [4.69, 9.17) is 5.73 Å². The van der Waals surface area contributed by atoms with Crippen molar-refractivity contribution in [2.45, 2.75) is 57.9 Å². The first-order valence-corrected chi connectivity index (χ1v) is 12.6. The predicted molar refractivity (Wildman–Crippen MR) is 126 cm³/mol. The van der Waals surface area contributed by atoms with E-state index < -0.39 is 0 Å². The van der Waals surface area contributed by atoms with Crippen LogP contribution in [-0.2, 0) is 20.9 Å². The van der Waals surface area contributed by atoms with Crippen LogP contribution in [0, 0.1) is 29.1 Å². The van der Waals surface area contributed by atoms with E-state index in [-0.39, 0.29) is 35.6 Å². The molecule has 33 heavy (non-hydrogen) atoms. The van der Waals surface area contributed by atoms with Crippen LogP contribution in [0.15, 0.2) is 24.3 Å². The minimum absolute atomic E-state index is 0.0185. The molecule has 178 valence electrons. The average Bonchev–Trinajstić information content (AvgIpc) is 2.78. The fourth-order valence-electron chi connectivity index (χ4n) is 7.33. The van der Waals surface area contributed by atoms with E-state index >= 15 is 0 Å². The van der Waals surface area contributed by atoms with E-state index in [0.29, 0.717) is 24.3 Å². The second-order valence-corrected chi connectivity index (χ2v) is 11.1. The summed E-state index contributed by atoms with van der Waals surface area (Å²) in [6.45, 7) is 2.45. The molecule has 3 amide bonds. The highest BCUT2D eigenvalue weighted by Gasteiger charge is 2.54. The van der Waals surface area contributed by atoms with Gasteiger partial charge in [0, 0.05) is 24.2 Å². The van der Waals surface area contributed by atoms with Crippen LogP contribution >= 0.6 is 0 Å². The van der Waals surface area contributed by atoms with Crippen molar-refractivity contribution in [3.8, 4) is 0 Å². The van der Waals surface area contributed by atoms with Crippen molar-refractivity contribution >= 4 is 23.4 Å². The Hall–Kier alpha value is -2.41. The number of nitrogens with one attached hydrogen (secondary N) is 2. The van der Waals surface area contributed by atoms with Crippen molar-refractivity contribution in [3.05, 3.63) is 29.8 Å². The Balaban J connectivity index is 1.09. The lowest BCUT2D eigenvalue weighted by atomic mass is 9.49. The van der Waals surface area contributed by atoms with Gasteiger partial charge in [-0.25, -0.2) is 0 Å². The van der Waals surface area contributed by atoms with E-state index in [1.54, 1.807) is 0 Å². The van der Waals surface area contributed by atoms with Crippen molar-refractivity contribution in [1.82, 2.24) is 10.2 Å². The molecule has 4 aliphatic carbocycles. The molecule has 0 aromatic heterocycles. The number of hydrogen-bond acceptors (Lipinski definition) is 4. The smallest absolute Gasteiger partial charge is 0.243 e. The second kappa shape index (κ2) is 9.09. The number of anilines is 1. The summed E-state index contributed by atoms with van der Waals surface area (Å²) in [5.41, 5.74) is 7.11. The Labute approximate surface area is 195 Å². The Morgan fingerprint density at radius 2 is 1.64 bits per heavy atom. The monoisotopic (exact) mass is 452 g/mol. The molecule has 1 atom stereocenters. The number of benzene rings is 1. The van der Waals surface area contributed by atoms with Crippen LogP contribution in [0.3, 0.4) is 0 Å². The SMILES string of the molecule is NC(=O)C1CCCN(Cc2ccc(NC(=O)CNC(=O)C34CC5CC(CC(C5)C3)C4)cc2)C1. The number of amides is 3. The number of nitrogens with two attached hydrogens (primary N) is 1. The van der Waals surface area contributed by atoms with Gasteiger partial charge < -0.3 is 16.4 Å². The Bertz CT molecular complexity index is 877. The lowest BCUT2D eigenvalue weighted by Crippen LogP contribution is -2.54. The summed E-state index contributed by atoms with van der Waals surface area (Å²) < 4.78 is 0. The Morgan fingerprint density at radius 1 is 1.00 bits per heavy atom. The first kappa shape index (κ1) is 22.4. The van der Waals surface area contributed by atoms with E-state index in [9.17, 15) is 14.4 Å². The maximum absolute atomic E-state index is 13.0. The van der Waals surface area contributed by atoms with Gasteiger partial charge in [-0.2, -0.15) is 0 Å². The zero-order chi connectivity index (χ0) is 23.0. The highest BCUT2D eigenvalue weighted by molar-refractivity contribution is 5.95. The third kappa shape index (κ3) is 4.93. The molecule has 1 unspecified atom stereocenters. The summed E-state index contributed by atoms with van der Waals surface area (Å²) in [6.07, 6.45) is 8.76. The molecular formula is C26H36N4O3. The fraction of sp³-hybridized carbons (Fsp3) is 0.654. The molecule has 5 aliphatic rings. The van der Waals surface area contributed by atoms with Gasteiger partial charge in [0.15, 0.2) is 0 Å². The zero-order valence-corrected chi connectivity index (χ0v) is 19.4. The molecule has 5 fully saturated rings. The molecular weight excluding hydrogens is 416 g/mol. The van der Waals surface area contributed by atoms with Gasteiger partial charge in [-0.1, -0.05) is 12.1 Å². The lowest BCUT2D eigenvalue weighted by molar-refractivity contribution is -0.146. The van der Waals surface area contributed by atoms with Gasteiger partial charge in [0.1, 0.15) is 0 Å². The van der Waals surface area contributed by atoms with Crippen LogP contribution in [0.5, 0.6) is 0 Å². The Morgan fingerprint density at radius 3 is 2.24 bits per heavy atom. The summed E-state index contributed by atoms with van der Waals surface area (Å²) in [6, 6.07) is 7.78. The van der Waals surface area contributed by atoms with Crippen molar-refractivity contribution in [1.29, 1.82) is 0 Å². The summed E-state index contributed by atoms with van der Waals surface area (Å²) in [5, 5.41) is 5.84. The van der Waals surface area contributed by atoms with Crippen molar-refractivity contribution in [2.24, 2.45) is 34.8 Å². The zero-order valence-electron chi connectivity index (χ0n) is 19.4. The molecule has 4 bridgehead atoms. The molecule has 1 aromatic carbocycles. The molecule has 1 aliphatic heterocycles. The molecule has 0 radical (unpaired) electrons. The minimum Gasteiger partial charge on any atom is -0.369 e. The summed E-state index contributed by atoms with van der Waals surface area (Å²) in [5.74, 6) is 1.74. The second-order valence-electron chi connectivity index (χ2n) is 11.1. The molecule has 1 heterocycles. The molecule has 7 nitrogen and oxygen atoms in total. The molecule has 0 spiro atoms. The normalized spacial score (nSPS) is 33.0. The van der Waals surface area contributed by atoms with E-state index in [0.717, 1.165) is 56.4 Å².